The minimum absolute atomic E-state index is 0.0666. The predicted molar refractivity (Wildman–Crippen MR) is 134 cm³/mol. The van der Waals surface area contributed by atoms with Crippen molar-refractivity contribution < 1.29 is 9.53 Å². The molecule has 0 radical (unpaired) electrons. The molecule has 31 heavy (non-hydrogen) atoms. The number of benzene rings is 2. The molecule has 0 N–H and O–H groups in total. The molecular weight excluding hydrogens is 448 g/mol. The Morgan fingerprint density at radius 3 is 2.71 bits per heavy atom. The molecule has 1 aromatic heterocycles. The van der Waals surface area contributed by atoms with Crippen molar-refractivity contribution in [1.82, 2.24) is 9.47 Å². The van der Waals surface area contributed by atoms with Crippen LogP contribution >= 0.6 is 35.6 Å². The van der Waals surface area contributed by atoms with E-state index < -0.39 is 0 Å². The smallest absolute Gasteiger partial charge is 0.266 e. The molecule has 2 heterocycles. The van der Waals surface area contributed by atoms with Crippen LogP contribution < -0.4 is 4.74 Å². The normalized spacial score (nSPS) is 15.3. The lowest BCUT2D eigenvalue weighted by atomic mass is 10.1. The molecule has 2 aromatic carbocycles. The van der Waals surface area contributed by atoms with Gasteiger partial charge in [0.15, 0.2) is 0 Å². The van der Waals surface area contributed by atoms with Crippen LogP contribution in [0, 0.1) is 0 Å². The molecule has 0 bridgehead atoms. The average molecular weight is 469 g/mol. The highest BCUT2D eigenvalue weighted by molar-refractivity contribution is 8.26. The highest BCUT2D eigenvalue weighted by atomic mass is 35.5. The van der Waals surface area contributed by atoms with Crippen molar-refractivity contribution >= 4 is 62.8 Å². The summed E-state index contributed by atoms with van der Waals surface area (Å²) in [5.41, 5.74) is 2.13. The number of fused-ring (bicyclic) bond motifs is 1. The fraction of sp³-hybridized carbons (Fsp3) is 0.167. The van der Waals surface area contributed by atoms with Crippen LogP contribution in [-0.4, -0.2) is 32.8 Å². The fourth-order valence-corrected chi connectivity index (χ4v) is 4.85. The molecule has 0 atom stereocenters. The zero-order chi connectivity index (χ0) is 21.8. The van der Waals surface area contributed by atoms with Gasteiger partial charge in [0.1, 0.15) is 10.1 Å². The molecular formula is C24H21ClN2O2S2. The van der Waals surface area contributed by atoms with E-state index in [9.17, 15) is 4.79 Å². The third-order valence-corrected chi connectivity index (χ3v) is 6.55. The molecule has 1 fully saturated rings. The molecule has 4 rings (SSSR count). The Labute approximate surface area is 196 Å². The lowest BCUT2D eigenvalue weighted by molar-refractivity contribution is -0.121. The standard InChI is InChI=1S/C24H21ClN2O2S2/c1-2-12-27-23(28)22(31-24(27)30)15-17-16-26(21-7-4-3-6-20(17)21)13-5-14-29-19-10-8-18(25)9-11-19/h2-4,6-11,15-16H,1,5,12-14H2/b22-15-. The van der Waals surface area contributed by atoms with Gasteiger partial charge in [0.05, 0.1) is 11.5 Å². The number of amides is 1. The largest absolute Gasteiger partial charge is 0.494 e. The Morgan fingerprint density at radius 1 is 1.16 bits per heavy atom. The minimum Gasteiger partial charge on any atom is -0.494 e. The molecule has 7 heteroatoms. The van der Waals surface area contributed by atoms with Gasteiger partial charge in [-0.05, 0) is 42.8 Å². The highest BCUT2D eigenvalue weighted by Crippen LogP contribution is 2.34. The average Bonchev–Trinajstić information content (AvgIpc) is 3.25. The Morgan fingerprint density at radius 2 is 1.94 bits per heavy atom. The number of hydrogen-bond acceptors (Lipinski definition) is 4. The van der Waals surface area contributed by atoms with Gasteiger partial charge in [0.2, 0.25) is 0 Å². The van der Waals surface area contributed by atoms with Crippen molar-refractivity contribution in [2.75, 3.05) is 13.2 Å². The monoisotopic (exact) mass is 468 g/mol. The second-order valence-electron chi connectivity index (χ2n) is 7.03. The van der Waals surface area contributed by atoms with E-state index in [2.05, 4.69) is 29.5 Å². The van der Waals surface area contributed by atoms with E-state index in [-0.39, 0.29) is 5.91 Å². The van der Waals surface area contributed by atoms with Crippen molar-refractivity contribution in [3.8, 4) is 5.75 Å². The Kier molecular flexibility index (Phi) is 6.80. The van der Waals surface area contributed by atoms with Crippen molar-refractivity contribution in [3.05, 3.63) is 82.9 Å². The van der Waals surface area contributed by atoms with Gasteiger partial charge in [-0.3, -0.25) is 9.69 Å². The van der Waals surface area contributed by atoms with Gasteiger partial charge in [-0.25, -0.2) is 0 Å². The van der Waals surface area contributed by atoms with Crippen LogP contribution in [0.1, 0.15) is 12.0 Å². The van der Waals surface area contributed by atoms with E-state index in [1.165, 1.54) is 11.8 Å². The van der Waals surface area contributed by atoms with Gasteiger partial charge in [-0.1, -0.05) is 59.9 Å². The van der Waals surface area contributed by atoms with Crippen molar-refractivity contribution in [3.63, 3.8) is 0 Å². The van der Waals surface area contributed by atoms with Crippen LogP contribution in [0.15, 0.2) is 72.3 Å². The summed E-state index contributed by atoms with van der Waals surface area (Å²) < 4.78 is 8.58. The number of carbonyl (C=O) groups excluding carboxylic acids is 1. The molecule has 1 aliphatic rings. The van der Waals surface area contributed by atoms with Gasteiger partial charge in [-0.2, -0.15) is 0 Å². The topological polar surface area (TPSA) is 34.5 Å². The van der Waals surface area contributed by atoms with Crippen LogP contribution in [0.5, 0.6) is 5.75 Å². The number of carbonyl (C=O) groups is 1. The van der Waals surface area contributed by atoms with Gasteiger partial charge in [-0.15, -0.1) is 6.58 Å². The molecule has 3 aromatic rings. The number of thioether (sulfide) groups is 1. The summed E-state index contributed by atoms with van der Waals surface area (Å²) in [5, 5.41) is 1.80. The minimum atomic E-state index is -0.0666. The maximum absolute atomic E-state index is 12.7. The number of para-hydroxylation sites is 1. The van der Waals surface area contributed by atoms with Crippen molar-refractivity contribution in [1.29, 1.82) is 0 Å². The predicted octanol–water partition coefficient (Wildman–Crippen LogP) is 6.15. The summed E-state index contributed by atoms with van der Waals surface area (Å²) in [6.45, 7) is 5.54. The lowest BCUT2D eigenvalue weighted by Gasteiger charge is -2.10. The molecule has 0 unspecified atom stereocenters. The first-order valence-electron chi connectivity index (χ1n) is 9.89. The Hall–Kier alpha value is -2.54. The molecule has 1 amide bonds. The van der Waals surface area contributed by atoms with Crippen LogP contribution in [0.3, 0.4) is 0 Å². The number of thiocarbonyl (C=S) groups is 1. The first kappa shape index (κ1) is 21.7. The molecule has 1 aliphatic heterocycles. The molecule has 0 saturated carbocycles. The van der Waals surface area contributed by atoms with E-state index in [1.54, 1.807) is 11.0 Å². The molecule has 1 saturated heterocycles. The zero-order valence-electron chi connectivity index (χ0n) is 16.8. The summed E-state index contributed by atoms with van der Waals surface area (Å²) in [4.78, 5) is 14.9. The number of halogens is 1. The second-order valence-corrected chi connectivity index (χ2v) is 9.14. The fourth-order valence-electron chi connectivity index (χ4n) is 3.46. The number of hydrogen-bond donors (Lipinski definition) is 0. The van der Waals surface area contributed by atoms with Crippen LogP contribution in [0.2, 0.25) is 5.02 Å². The van der Waals surface area contributed by atoms with Crippen molar-refractivity contribution in [2.45, 2.75) is 13.0 Å². The van der Waals surface area contributed by atoms with Gasteiger partial charge < -0.3 is 9.30 Å². The highest BCUT2D eigenvalue weighted by Gasteiger charge is 2.31. The Bertz CT molecular complexity index is 1170. The number of ether oxygens (including phenoxy) is 1. The van der Waals surface area contributed by atoms with E-state index in [4.69, 9.17) is 28.6 Å². The van der Waals surface area contributed by atoms with E-state index >= 15 is 0 Å². The third kappa shape index (κ3) is 4.87. The van der Waals surface area contributed by atoms with E-state index in [1.807, 2.05) is 42.5 Å². The summed E-state index contributed by atoms with van der Waals surface area (Å²) in [6.07, 6.45) is 6.56. The lowest BCUT2D eigenvalue weighted by Crippen LogP contribution is -2.27. The first-order valence-corrected chi connectivity index (χ1v) is 11.5. The summed E-state index contributed by atoms with van der Waals surface area (Å²) in [6, 6.07) is 15.6. The van der Waals surface area contributed by atoms with Gasteiger partial charge >= 0.3 is 0 Å². The first-order chi connectivity index (χ1) is 15.1. The molecule has 4 nitrogen and oxygen atoms in total. The number of nitrogens with zero attached hydrogens (tertiary/aromatic N) is 2. The summed E-state index contributed by atoms with van der Waals surface area (Å²) >= 11 is 12.6. The van der Waals surface area contributed by atoms with Crippen LogP contribution in [0.25, 0.3) is 17.0 Å². The number of aromatic nitrogens is 1. The van der Waals surface area contributed by atoms with Crippen LogP contribution in [-0.2, 0) is 11.3 Å². The maximum Gasteiger partial charge on any atom is 0.266 e. The quantitative estimate of drug-likeness (QED) is 0.172. The van der Waals surface area contributed by atoms with Gasteiger partial charge in [0.25, 0.3) is 5.91 Å². The van der Waals surface area contributed by atoms with Gasteiger partial charge in [0, 0.05) is 40.8 Å². The maximum atomic E-state index is 12.7. The Balaban J connectivity index is 1.50. The van der Waals surface area contributed by atoms with E-state index in [0.717, 1.165) is 35.2 Å². The molecule has 0 aliphatic carbocycles. The number of rotatable bonds is 8. The van der Waals surface area contributed by atoms with E-state index in [0.29, 0.717) is 27.4 Å². The number of aryl methyl sites for hydroxylation is 1. The van der Waals surface area contributed by atoms with Crippen molar-refractivity contribution in [2.24, 2.45) is 0 Å². The zero-order valence-corrected chi connectivity index (χ0v) is 19.2. The third-order valence-electron chi connectivity index (χ3n) is 4.92. The SMILES string of the molecule is C=CCN1C(=O)/C(=C/c2cn(CCCOc3ccc(Cl)cc3)c3ccccc23)SC1=S. The molecule has 158 valence electrons. The second kappa shape index (κ2) is 9.73. The summed E-state index contributed by atoms with van der Waals surface area (Å²) in [5.74, 6) is 0.743. The van der Waals surface area contributed by atoms with Crippen LogP contribution in [0.4, 0.5) is 0 Å². The molecule has 0 spiro atoms. The summed E-state index contributed by atoms with van der Waals surface area (Å²) in [7, 11) is 0.